The van der Waals surface area contributed by atoms with Crippen LogP contribution < -0.4 is 11.1 Å². The summed E-state index contributed by atoms with van der Waals surface area (Å²) < 4.78 is 0. The number of carbonyl (C=O) groups is 2. The first-order chi connectivity index (χ1) is 9.58. The van der Waals surface area contributed by atoms with E-state index in [4.69, 9.17) is 10.8 Å². The van der Waals surface area contributed by atoms with Crippen LogP contribution in [0.25, 0.3) is 0 Å². The minimum atomic E-state index is -1.06. The number of nitrogens with two attached hydrogens (primary N) is 1. The van der Waals surface area contributed by atoms with Gasteiger partial charge in [-0.25, -0.2) is 4.79 Å². The number of hydrogen-bond donors (Lipinski definition) is 3. The number of anilines is 1. The van der Waals surface area contributed by atoms with E-state index in [0.29, 0.717) is 5.69 Å². The lowest BCUT2D eigenvalue weighted by atomic mass is 9.87. The molecule has 0 saturated heterocycles. The Hall–Kier alpha value is -1.88. The molecule has 0 bridgehead atoms. The van der Waals surface area contributed by atoms with Crippen LogP contribution in [0.5, 0.6) is 0 Å². The molecule has 0 aromatic heterocycles. The summed E-state index contributed by atoms with van der Waals surface area (Å²) in [6.07, 6.45) is 0.893. The molecule has 5 nitrogen and oxygen atoms in total. The maximum Gasteiger partial charge on any atom is 0.337 e. The molecule has 1 unspecified atom stereocenters. The Balaban J connectivity index is 2.73. The first-order valence-electron chi connectivity index (χ1n) is 6.98. The van der Waals surface area contributed by atoms with Crippen LogP contribution in [0.2, 0.25) is 0 Å². The van der Waals surface area contributed by atoms with Crippen LogP contribution in [-0.4, -0.2) is 23.0 Å². The average molecular weight is 292 g/mol. The Bertz CT molecular complexity index is 533. The number of rotatable bonds is 5. The lowest BCUT2D eigenvalue weighted by molar-refractivity contribution is -0.116. The third-order valence-electron chi connectivity index (χ3n) is 3.00. The number of amides is 1. The zero-order valence-corrected chi connectivity index (χ0v) is 13.1. The smallest absolute Gasteiger partial charge is 0.337 e. The zero-order chi connectivity index (χ0) is 16.2. The molecule has 5 heteroatoms. The Morgan fingerprint density at radius 2 is 1.95 bits per heavy atom. The molecule has 0 spiro atoms. The normalized spacial score (nSPS) is 12.8. The van der Waals surface area contributed by atoms with Crippen molar-refractivity contribution in [3.63, 3.8) is 0 Å². The minimum Gasteiger partial charge on any atom is -0.478 e. The fraction of sp³-hybridized carbons (Fsp3) is 0.500. The van der Waals surface area contributed by atoms with Crippen LogP contribution in [0, 0.1) is 12.3 Å². The molecule has 21 heavy (non-hydrogen) atoms. The highest BCUT2D eigenvalue weighted by atomic mass is 16.4. The van der Waals surface area contributed by atoms with Gasteiger partial charge in [0.15, 0.2) is 0 Å². The van der Waals surface area contributed by atoms with Crippen LogP contribution in [0.1, 0.15) is 49.5 Å². The molecular weight excluding hydrogens is 268 g/mol. The van der Waals surface area contributed by atoms with Gasteiger partial charge in [-0.1, -0.05) is 32.4 Å². The number of aryl methyl sites for hydroxylation is 1. The summed E-state index contributed by atoms with van der Waals surface area (Å²) in [4.78, 5) is 23.2. The molecule has 0 heterocycles. The fourth-order valence-corrected chi connectivity index (χ4v) is 2.24. The monoisotopic (exact) mass is 292 g/mol. The second kappa shape index (κ2) is 6.72. The molecule has 0 aliphatic heterocycles. The van der Waals surface area contributed by atoms with Crippen LogP contribution in [0.4, 0.5) is 5.69 Å². The van der Waals surface area contributed by atoms with Gasteiger partial charge in [0.05, 0.1) is 11.3 Å². The highest BCUT2D eigenvalue weighted by Gasteiger charge is 2.19. The Morgan fingerprint density at radius 1 is 1.33 bits per heavy atom. The second-order valence-electron chi connectivity index (χ2n) is 6.63. The van der Waals surface area contributed by atoms with E-state index in [-0.39, 0.29) is 29.3 Å². The molecule has 1 aromatic carbocycles. The van der Waals surface area contributed by atoms with Gasteiger partial charge in [0.2, 0.25) is 5.91 Å². The van der Waals surface area contributed by atoms with Crippen molar-refractivity contribution < 1.29 is 14.7 Å². The molecule has 0 radical (unpaired) electrons. The van der Waals surface area contributed by atoms with Gasteiger partial charge >= 0.3 is 5.97 Å². The Kier molecular flexibility index (Phi) is 5.49. The number of nitrogens with one attached hydrogen (secondary N) is 1. The van der Waals surface area contributed by atoms with E-state index in [0.717, 1.165) is 12.0 Å². The molecule has 0 fully saturated rings. The van der Waals surface area contributed by atoms with Crippen LogP contribution in [0.15, 0.2) is 18.2 Å². The standard InChI is InChI=1S/C16H24N2O3/c1-10-5-6-13(12(7-10)15(20)21)18-14(19)8-11(17)9-16(2,3)4/h5-7,11H,8-9,17H2,1-4H3,(H,18,19)(H,20,21). The summed E-state index contributed by atoms with van der Waals surface area (Å²) in [6.45, 7) is 7.99. The molecule has 4 N–H and O–H groups in total. The molecule has 0 aliphatic carbocycles. The third kappa shape index (κ3) is 5.95. The lowest BCUT2D eigenvalue weighted by Crippen LogP contribution is -2.31. The molecule has 0 saturated carbocycles. The van der Waals surface area contributed by atoms with Crippen molar-refractivity contribution in [2.75, 3.05) is 5.32 Å². The largest absolute Gasteiger partial charge is 0.478 e. The van der Waals surface area contributed by atoms with Gasteiger partial charge in [-0.3, -0.25) is 4.79 Å². The predicted molar refractivity (Wildman–Crippen MR) is 83.4 cm³/mol. The Morgan fingerprint density at radius 3 is 2.48 bits per heavy atom. The van der Waals surface area contributed by atoms with Crippen LogP contribution >= 0.6 is 0 Å². The van der Waals surface area contributed by atoms with Gasteiger partial charge in [-0.15, -0.1) is 0 Å². The number of carbonyl (C=O) groups excluding carboxylic acids is 1. The molecule has 1 aromatic rings. The van der Waals surface area contributed by atoms with E-state index in [1.165, 1.54) is 6.07 Å². The first-order valence-corrected chi connectivity index (χ1v) is 6.98. The predicted octanol–water partition coefficient (Wildman–Crippen LogP) is 2.79. The molecule has 1 atom stereocenters. The minimum absolute atomic E-state index is 0.0514. The van der Waals surface area contributed by atoms with E-state index < -0.39 is 5.97 Å². The van der Waals surface area contributed by atoms with E-state index in [9.17, 15) is 9.59 Å². The highest BCUT2D eigenvalue weighted by molar-refractivity contribution is 6.00. The van der Waals surface area contributed by atoms with E-state index in [2.05, 4.69) is 26.1 Å². The topological polar surface area (TPSA) is 92.4 Å². The number of hydrogen-bond acceptors (Lipinski definition) is 3. The number of carboxylic acid groups (broad SMARTS) is 1. The van der Waals surface area contributed by atoms with Crippen molar-refractivity contribution in [3.05, 3.63) is 29.3 Å². The number of carboxylic acids is 1. The van der Waals surface area contributed by atoms with Crippen molar-refractivity contribution in [2.45, 2.75) is 46.6 Å². The quantitative estimate of drug-likeness (QED) is 0.778. The summed E-state index contributed by atoms with van der Waals surface area (Å²) in [6, 6.07) is 4.65. The number of aromatic carboxylic acids is 1. The number of benzene rings is 1. The second-order valence-corrected chi connectivity index (χ2v) is 6.63. The molecule has 1 rings (SSSR count). The van der Waals surface area contributed by atoms with Crippen LogP contribution in [0.3, 0.4) is 0 Å². The summed E-state index contributed by atoms with van der Waals surface area (Å²) in [7, 11) is 0. The zero-order valence-electron chi connectivity index (χ0n) is 13.1. The SMILES string of the molecule is Cc1ccc(NC(=O)CC(N)CC(C)(C)C)c(C(=O)O)c1. The van der Waals surface area contributed by atoms with Gasteiger partial charge in [0.25, 0.3) is 0 Å². The summed E-state index contributed by atoms with van der Waals surface area (Å²) >= 11 is 0. The fourth-order valence-electron chi connectivity index (χ4n) is 2.24. The Labute approximate surface area is 125 Å². The maximum atomic E-state index is 12.0. The van der Waals surface area contributed by atoms with Gasteiger partial charge in [-0.05, 0) is 30.9 Å². The van der Waals surface area contributed by atoms with Gasteiger partial charge in [0, 0.05) is 12.5 Å². The molecule has 116 valence electrons. The van der Waals surface area contributed by atoms with Crippen LogP contribution in [-0.2, 0) is 4.79 Å². The van der Waals surface area contributed by atoms with Gasteiger partial charge in [-0.2, -0.15) is 0 Å². The van der Waals surface area contributed by atoms with Gasteiger partial charge < -0.3 is 16.2 Å². The molecule has 0 aliphatic rings. The molecule has 1 amide bonds. The van der Waals surface area contributed by atoms with Crippen molar-refractivity contribution in [3.8, 4) is 0 Å². The van der Waals surface area contributed by atoms with Crippen molar-refractivity contribution in [2.24, 2.45) is 11.1 Å². The average Bonchev–Trinajstić information content (AvgIpc) is 2.28. The first kappa shape index (κ1) is 17.2. The highest BCUT2D eigenvalue weighted by Crippen LogP contribution is 2.22. The molecular formula is C16H24N2O3. The summed E-state index contributed by atoms with van der Waals surface area (Å²) in [5.74, 6) is -1.33. The summed E-state index contributed by atoms with van der Waals surface area (Å²) in [5.41, 5.74) is 7.24. The maximum absolute atomic E-state index is 12.0. The van der Waals surface area contributed by atoms with Crippen molar-refractivity contribution in [1.82, 2.24) is 0 Å². The summed E-state index contributed by atoms with van der Waals surface area (Å²) in [5, 5.41) is 11.8. The third-order valence-corrected chi connectivity index (χ3v) is 3.00. The van der Waals surface area contributed by atoms with Gasteiger partial charge in [0.1, 0.15) is 0 Å². The van der Waals surface area contributed by atoms with Crippen molar-refractivity contribution >= 4 is 17.6 Å². The van der Waals surface area contributed by atoms with E-state index >= 15 is 0 Å². The van der Waals surface area contributed by atoms with Crippen molar-refractivity contribution in [1.29, 1.82) is 0 Å². The lowest BCUT2D eigenvalue weighted by Gasteiger charge is -2.22. The van der Waals surface area contributed by atoms with E-state index in [1.807, 2.05) is 0 Å². The van der Waals surface area contributed by atoms with E-state index in [1.54, 1.807) is 19.1 Å².